The Morgan fingerprint density at radius 3 is 2.82 bits per heavy atom. The average Bonchev–Trinajstić information content (AvgIpc) is 2.38. The van der Waals surface area contributed by atoms with Crippen molar-refractivity contribution < 1.29 is 5.11 Å². The van der Waals surface area contributed by atoms with Gasteiger partial charge < -0.3 is 15.7 Å². The molecule has 94 valence electrons. The third-order valence-electron chi connectivity index (χ3n) is 3.36. The van der Waals surface area contributed by atoms with Crippen LogP contribution in [-0.4, -0.2) is 31.3 Å². The molecule has 1 unspecified atom stereocenters. The van der Waals surface area contributed by atoms with Gasteiger partial charge in [-0.3, -0.25) is 0 Å². The first-order chi connectivity index (χ1) is 8.34. The molecule has 3 N–H and O–H groups in total. The molecule has 1 aliphatic rings. The van der Waals surface area contributed by atoms with E-state index in [9.17, 15) is 5.11 Å². The van der Waals surface area contributed by atoms with Crippen LogP contribution in [0, 0.1) is 5.92 Å². The fourth-order valence-corrected chi connectivity index (χ4v) is 2.30. The molecule has 0 aliphatic carbocycles. The monoisotopic (exact) mass is 234 g/mol. The first-order valence-corrected chi connectivity index (χ1v) is 6.54. The quantitative estimate of drug-likeness (QED) is 0.677. The third-order valence-corrected chi connectivity index (χ3v) is 3.36. The van der Waals surface area contributed by atoms with Crippen LogP contribution in [0.25, 0.3) is 0 Å². The molecule has 0 amide bonds. The number of hydrogen-bond donors (Lipinski definition) is 3. The van der Waals surface area contributed by atoms with Crippen molar-refractivity contribution in [2.75, 3.05) is 26.2 Å². The molecule has 1 atom stereocenters. The maximum atomic E-state index is 9.18. The van der Waals surface area contributed by atoms with E-state index in [0.29, 0.717) is 5.75 Å². The number of piperidine rings is 1. The Labute approximate surface area is 103 Å². The van der Waals surface area contributed by atoms with Crippen molar-refractivity contribution in [2.24, 2.45) is 5.92 Å². The summed E-state index contributed by atoms with van der Waals surface area (Å²) in [7, 11) is 0. The van der Waals surface area contributed by atoms with E-state index in [1.165, 1.54) is 24.9 Å². The van der Waals surface area contributed by atoms with Gasteiger partial charge in [-0.25, -0.2) is 0 Å². The van der Waals surface area contributed by atoms with Gasteiger partial charge in [0, 0.05) is 0 Å². The molecule has 3 nitrogen and oxygen atoms in total. The highest BCUT2D eigenvalue weighted by Crippen LogP contribution is 2.10. The molecule has 1 aliphatic heterocycles. The van der Waals surface area contributed by atoms with Crippen LogP contribution < -0.4 is 10.6 Å². The second-order valence-electron chi connectivity index (χ2n) is 4.83. The number of phenols is 1. The number of phenolic OH excluding ortho intramolecular Hbond substituents is 1. The highest BCUT2D eigenvalue weighted by molar-refractivity contribution is 5.25. The fraction of sp³-hybridized carbons (Fsp3) is 0.571. The van der Waals surface area contributed by atoms with Gasteiger partial charge in [0.15, 0.2) is 0 Å². The van der Waals surface area contributed by atoms with E-state index < -0.39 is 0 Å². The summed E-state index contributed by atoms with van der Waals surface area (Å²) in [4.78, 5) is 0. The highest BCUT2D eigenvalue weighted by Gasteiger charge is 2.11. The minimum absolute atomic E-state index is 0.343. The molecule has 0 radical (unpaired) electrons. The number of rotatable bonds is 5. The standard InChI is InChI=1S/C14H22N2O/c17-14-5-3-12(4-6-14)7-9-16-11-13-2-1-8-15-10-13/h3-6,13,15-17H,1-2,7-11H2. The largest absolute Gasteiger partial charge is 0.508 e. The minimum Gasteiger partial charge on any atom is -0.508 e. The topological polar surface area (TPSA) is 44.3 Å². The van der Waals surface area contributed by atoms with Gasteiger partial charge in [-0.1, -0.05) is 12.1 Å². The van der Waals surface area contributed by atoms with Gasteiger partial charge in [-0.05, 0) is 69.1 Å². The molecule has 17 heavy (non-hydrogen) atoms. The van der Waals surface area contributed by atoms with Crippen LogP contribution in [0.5, 0.6) is 5.75 Å². The lowest BCUT2D eigenvalue weighted by atomic mass is 10.00. The minimum atomic E-state index is 0.343. The van der Waals surface area contributed by atoms with Gasteiger partial charge >= 0.3 is 0 Å². The van der Waals surface area contributed by atoms with E-state index in [1.54, 1.807) is 12.1 Å². The van der Waals surface area contributed by atoms with Crippen molar-refractivity contribution in [3.8, 4) is 5.75 Å². The zero-order valence-corrected chi connectivity index (χ0v) is 10.3. The van der Waals surface area contributed by atoms with Crippen LogP contribution in [0.15, 0.2) is 24.3 Å². The number of nitrogens with one attached hydrogen (secondary N) is 2. The maximum absolute atomic E-state index is 9.18. The normalized spacial score (nSPS) is 20.4. The molecule has 1 aromatic carbocycles. The second-order valence-corrected chi connectivity index (χ2v) is 4.83. The SMILES string of the molecule is Oc1ccc(CCNCC2CCCNC2)cc1. The second kappa shape index (κ2) is 6.62. The van der Waals surface area contributed by atoms with Crippen LogP contribution in [0.1, 0.15) is 18.4 Å². The molecule has 3 heteroatoms. The van der Waals surface area contributed by atoms with Crippen LogP contribution >= 0.6 is 0 Å². The Hall–Kier alpha value is -1.06. The predicted molar refractivity (Wildman–Crippen MR) is 70.3 cm³/mol. The summed E-state index contributed by atoms with van der Waals surface area (Å²) in [5.74, 6) is 1.14. The third kappa shape index (κ3) is 4.36. The maximum Gasteiger partial charge on any atom is 0.115 e. The zero-order chi connectivity index (χ0) is 11.9. The van der Waals surface area contributed by atoms with Crippen molar-refractivity contribution in [3.63, 3.8) is 0 Å². The molecular formula is C14H22N2O. The number of hydrogen-bond acceptors (Lipinski definition) is 3. The van der Waals surface area contributed by atoms with E-state index in [4.69, 9.17) is 0 Å². The molecule has 0 aromatic heterocycles. The van der Waals surface area contributed by atoms with Crippen molar-refractivity contribution in [2.45, 2.75) is 19.3 Å². The van der Waals surface area contributed by atoms with Crippen molar-refractivity contribution in [1.82, 2.24) is 10.6 Å². The van der Waals surface area contributed by atoms with Gasteiger partial charge in [0.1, 0.15) is 5.75 Å². The van der Waals surface area contributed by atoms with Crippen LogP contribution in [0.4, 0.5) is 0 Å². The Balaban J connectivity index is 1.60. The summed E-state index contributed by atoms with van der Waals surface area (Å²) in [6.07, 6.45) is 3.68. The molecule has 2 rings (SSSR count). The van der Waals surface area contributed by atoms with Crippen LogP contribution in [0.3, 0.4) is 0 Å². The van der Waals surface area contributed by atoms with Crippen molar-refractivity contribution in [3.05, 3.63) is 29.8 Å². The van der Waals surface area contributed by atoms with Gasteiger partial charge in [0.25, 0.3) is 0 Å². The molecule has 1 fully saturated rings. The lowest BCUT2D eigenvalue weighted by Gasteiger charge is -2.22. The lowest BCUT2D eigenvalue weighted by molar-refractivity contribution is 0.361. The van der Waals surface area contributed by atoms with Crippen molar-refractivity contribution in [1.29, 1.82) is 0 Å². The molecule has 0 bridgehead atoms. The van der Waals surface area contributed by atoms with E-state index >= 15 is 0 Å². The summed E-state index contributed by atoms with van der Waals surface area (Å²) in [5, 5.41) is 16.1. The van der Waals surface area contributed by atoms with Gasteiger partial charge in [-0.15, -0.1) is 0 Å². The number of benzene rings is 1. The fourth-order valence-electron chi connectivity index (χ4n) is 2.30. The summed E-state index contributed by atoms with van der Waals surface area (Å²) in [5.41, 5.74) is 1.28. The Morgan fingerprint density at radius 1 is 1.29 bits per heavy atom. The van der Waals surface area contributed by atoms with E-state index in [0.717, 1.165) is 32.0 Å². The first kappa shape index (κ1) is 12.4. The highest BCUT2D eigenvalue weighted by atomic mass is 16.3. The van der Waals surface area contributed by atoms with Crippen LogP contribution in [0.2, 0.25) is 0 Å². The Bertz CT molecular complexity index is 317. The Morgan fingerprint density at radius 2 is 2.12 bits per heavy atom. The number of aromatic hydroxyl groups is 1. The lowest BCUT2D eigenvalue weighted by Crippen LogP contribution is -2.36. The van der Waals surface area contributed by atoms with Crippen LogP contribution in [-0.2, 0) is 6.42 Å². The summed E-state index contributed by atoms with van der Waals surface area (Å²) < 4.78 is 0. The summed E-state index contributed by atoms with van der Waals surface area (Å²) >= 11 is 0. The van der Waals surface area contributed by atoms with E-state index in [-0.39, 0.29) is 0 Å². The first-order valence-electron chi connectivity index (χ1n) is 6.54. The molecule has 0 saturated carbocycles. The average molecular weight is 234 g/mol. The molecule has 1 heterocycles. The Kier molecular flexibility index (Phi) is 4.83. The van der Waals surface area contributed by atoms with Gasteiger partial charge in [0.2, 0.25) is 0 Å². The zero-order valence-electron chi connectivity index (χ0n) is 10.3. The van der Waals surface area contributed by atoms with Gasteiger partial charge in [0.05, 0.1) is 0 Å². The smallest absolute Gasteiger partial charge is 0.115 e. The molecule has 1 saturated heterocycles. The van der Waals surface area contributed by atoms with Gasteiger partial charge in [-0.2, -0.15) is 0 Å². The van der Waals surface area contributed by atoms with E-state index in [1.807, 2.05) is 12.1 Å². The van der Waals surface area contributed by atoms with E-state index in [2.05, 4.69) is 10.6 Å². The molecule has 0 spiro atoms. The summed E-state index contributed by atoms with van der Waals surface area (Å²) in [6.45, 7) is 4.47. The van der Waals surface area contributed by atoms with Crippen molar-refractivity contribution >= 4 is 0 Å². The summed E-state index contributed by atoms with van der Waals surface area (Å²) in [6, 6.07) is 7.47. The molecule has 1 aromatic rings. The predicted octanol–water partition coefficient (Wildman–Crippen LogP) is 1.52. The molecular weight excluding hydrogens is 212 g/mol.